The number of nitro groups is 2. The minimum absolute atomic E-state index is 0.0764. The molecular formula is C84H112Cl4N18O14P2. The molecule has 0 aliphatic carbocycles. The van der Waals surface area contributed by atoms with Crippen LogP contribution in [0.2, 0.25) is 20.5 Å². The Hall–Kier alpha value is -8.78. The fraction of sp³-hybridized carbons (Fsp3) is 0.524. The van der Waals surface area contributed by atoms with Gasteiger partial charge in [0.2, 0.25) is 23.0 Å². The maximum atomic E-state index is 12.8. The number of hydrogen-bond acceptors (Lipinski definition) is 30. The smallest absolute Gasteiger partial charge is 0.331 e. The number of nitrogens with one attached hydrogen (secondary N) is 4. The van der Waals surface area contributed by atoms with Crippen molar-refractivity contribution in [2.45, 2.75) is 103 Å². The predicted molar refractivity (Wildman–Crippen MR) is 482 cm³/mol. The number of rotatable bonds is 17. The van der Waals surface area contributed by atoms with Crippen molar-refractivity contribution >= 4 is 140 Å². The Morgan fingerprint density at radius 3 is 1.20 bits per heavy atom. The maximum Gasteiger partial charge on any atom is 0.331 e. The van der Waals surface area contributed by atoms with E-state index in [-0.39, 0.29) is 33.6 Å². The standard InChI is InChI=1S/C27H34ClN6O3P.C15H21N3O4.C15H23N3O2.C12H12Cl2N3OP.C9H17NO.C6H5ClN2O3/c1-36-25-21(8-9-23(32-25)34-14-10-27(11-15-34)12-16-37-17-13-27)31-26-29-18-19(28)24(33-26)30-20-6-4-5-7-22(20)38(2,3)35;1-21-14-12(18(19)20)2-3-13(16-14)17-8-4-15(5-9-17)6-10-22-11-7-15;1-19-14-12(16)2-3-13(17-14)18-8-4-15(5-9-18)6-10-20-11-7-15;1-19(2,18)10-6-4-3-5-9(10)16-11-8(13)7-15-12(14)17-11;1-5-10-6-2-9(1)3-7-11-8-4-9;1-12-6-4(9(10)11)2-3-5(7)8-6/h4-9,18H,10-17H2,1-3H3,(H2,29,30,31,33);2-3H,4-11H2,1H3;2-3H,4-11,16H2,1H3;3-7H,1-2H3,(H,15,16,17);10H,1-8H2;2-3H,1H3. The third-order valence-electron chi connectivity index (χ3n) is 24.0. The summed E-state index contributed by atoms with van der Waals surface area (Å²) in [6.07, 6.45) is 22.3. The lowest BCUT2D eigenvalue weighted by molar-refractivity contribution is -0.386. The van der Waals surface area contributed by atoms with E-state index in [0.29, 0.717) is 83.8 Å². The average Bonchev–Trinajstić information content (AvgIpc) is 0.811. The number of ether oxygens (including phenoxy) is 8. The van der Waals surface area contributed by atoms with Gasteiger partial charge in [-0.3, -0.25) is 20.2 Å². The molecule has 8 fully saturated rings. The number of para-hydroxylation sites is 2. The Morgan fingerprint density at radius 2 is 0.787 bits per heavy atom. The van der Waals surface area contributed by atoms with Crippen molar-refractivity contribution in [3.05, 3.63) is 150 Å². The summed E-state index contributed by atoms with van der Waals surface area (Å²) in [5, 5.41) is 36.6. The fourth-order valence-corrected chi connectivity index (χ4v) is 19.3. The first-order chi connectivity index (χ1) is 58.6. The van der Waals surface area contributed by atoms with Crippen LogP contribution in [0, 0.1) is 41.9 Å². The number of hydrogen-bond donors (Lipinski definition) is 5. The van der Waals surface area contributed by atoms with Gasteiger partial charge in [0.25, 0.3) is 11.8 Å². The van der Waals surface area contributed by atoms with Gasteiger partial charge in [-0.15, -0.1) is 0 Å². The van der Waals surface area contributed by atoms with Crippen molar-refractivity contribution in [3.63, 3.8) is 0 Å². The highest BCUT2D eigenvalue weighted by molar-refractivity contribution is 7.70. The first kappa shape index (κ1) is 93.9. The molecule has 0 atom stereocenters. The monoisotopic (exact) mass is 1800 g/mol. The molecule has 8 saturated heterocycles. The van der Waals surface area contributed by atoms with Crippen LogP contribution in [-0.4, -0.2) is 210 Å². The zero-order valence-corrected chi connectivity index (χ0v) is 75.3. The van der Waals surface area contributed by atoms with Crippen molar-refractivity contribution in [2.75, 3.05) is 197 Å². The van der Waals surface area contributed by atoms with Gasteiger partial charge in [0.05, 0.1) is 67.7 Å². The van der Waals surface area contributed by atoms with Crippen molar-refractivity contribution in [1.29, 1.82) is 0 Å². The van der Waals surface area contributed by atoms with Crippen LogP contribution in [0.5, 0.6) is 23.5 Å². The zero-order chi connectivity index (χ0) is 87.1. The number of piperidine rings is 4. The lowest BCUT2D eigenvalue weighted by Gasteiger charge is -2.44. The van der Waals surface area contributed by atoms with Crippen LogP contribution in [-0.2, 0) is 28.1 Å². The molecular weight excluding hydrogens is 1690 g/mol. The molecule has 0 saturated carbocycles. The van der Waals surface area contributed by atoms with Crippen molar-refractivity contribution in [2.24, 2.45) is 21.7 Å². The van der Waals surface area contributed by atoms with Gasteiger partial charge in [-0.2, -0.15) is 29.9 Å². The van der Waals surface area contributed by atoms with Crippen LogP contribution in [0.25, 0.3) is 0 Å². The summed E-state index contributed by atoms with van der Waals surface area (Å²) in [4.78, 5) is 61.0. The second-order valence-corrected chi connectivity index (χ2v) is 40.3. The van der Waals surface area contributed by atoms with E-state index in [1.54, 1.807) is 46.9 Å². The third kappa shape index (κ3) is 25.7. The number of benzene rings is 2. The summed E-state index contributed by atoms with van der Waals surface area (Å²) in [5.74, 6) is 4.74. The molecule has 0 radical (unpaired) electrons. The highest BCUT2D eigenvalue weighted by atomic mass is 35.5. The van der Waals surface area contributed by atoms with Gasteiger partial charge in [0.15, 0.2) is 11.6 Å². The number of nitrogens with two attached hydrogens (primary N) is 1. The van der Waals surface area contributed by atoms with Crippen LogP contribution < -0.4 is 71.3 Å². The molecule has 0 amide bonds. The van der Waals surface area contributed by atoms with E-state index in [9.17, 15) is 29.4 Å². The Morgan fingerprint density at radius 1 is 0.426 bits per heavy atom. The van der Waals surface area contributed by atoms with Gasteiger partial charge in [0.1, 0.15) is 52.6 Å². The van der Waals surface area contributed by atoms with E-state index in [0.717, 1.165) is 172 Å². The Kier molecular flexibility index (Phi) is 33.6. The summed E-state index contributed by atoms with van der Waals surface area (Å²) < 4.78 is 67.5. The van der Waals surface area contributed by atoms with Crippen LogP contribution in [0.3, 0.4) is 0 Å². The first-order valence-corrected chi connectivity index (χ1v) is 47.8. The molecule has 6 N–H and O–H groups in total. The van der Waals surface area contributed by atoms with Gasteiger partial charge >= 0.3 is 11.4 Å². The number of nitrogen functional groups attached to an aromatic ring is 1. The molecule has 660 valence electrons. The van der Waals surface area contributed by atoms with Crippen molar-refractivity contribution in [1.82, 2.24) is 45.2 Å². The number of nitrogens with zero attached hydrogens (tertiary/aromatic N) is 13. The molecule has 0 bridgehead atoms. The number of anilines is 10. The average molecular weight is 1800 g/mol. The molecule has 122 heavy (non-hydrogen) atoms. The molecule has 6 aromatic heterocycles. The first-order valence-electron chi connectivity index (χ1n) is 41.0. The number of halogens is 4. The topological polar surface area (TPSA) is 381 Å². The van der Waals surface area contributed by atoms with Gasteiger partial charge in [-0.25, -0.2) is 9.97 Å². The van der Waals surface area contributed by atoms with Crippen LogP contribution in [0.4, 0.5) is 69.2 Å². The van der Waals surface area contributed by atoms with E-state index in [1.807, 2.05) is 72.8 Å². The largest absolute Gasteiger partial charge is 0.479 e. The molecule has 4 spiro atoms. The fourth-order valence-electron chi connectivity index (χ4n) is 16.5. The number of aromatic nitrogens is 8. The lowest BCUT2D eigenvalue weighted by Crippen LogP contribution is -2.43. The SMILES string of the molecule is C1CC2(CCN1)CCOCC2.COc1nc(Cl)ccc1[N+](=O)[O-].COc1nc(N2CCC3(CCOCC3)CC2)ccc1N.COc1nc(N2CCC3(CCOCC3)CC2)ccc1Nc1ncc(Cl)c(Nc2ccccc2P(C)(C)=O)n1.COc1nc(N2CCC3(CCOCC3)CC2)ccc1[N+](=O)[O-].CP(C)(=O)c1ccccc1Nc1nc(Cl)ncc1Cl. The second-order valence-electron chi connectivity index (χ2n) is 32.4. The van der Waals surface area contributed by atoms with Gasteiger partial charge in [0, 0.05) is 115 Å². The van der Waals surface area contributed by atoms with Gasteiger partial charge < -0.3 is 88.7 Å². The minimum Gasteiger partial charge on any atom is -0.479 e. The molecule has 8 aromatic rings. The van der Waals surface area contributed by atoms with Gasteiger partial charge in [-0.05, 0) is 236 Å². The summed E-state index contributed by atoms with van der Waals surface area (Å²) in [6, 6.07) is 28.3. The summed E-state index contributed by atoms with van der Waals surface area (Å²) in [5.41, 5.74) is 10.2. The quantitative estimate of drug-likeness (QED) is 0.0186. The highest BCUT2D eigenvalue weighted by Gasteiger charge is 2.40. The summed E-state index contributed by atoms with van der Waals surface area (Å²) in [7, 11) is 1.00. The van der Waals surface area contributed by atoms with Crippen molar-refractivity contribution < 1.29 is 56.9 Å². The molecule has 38 heteroatoms. The van der Waals surface area contributed by atoms with Crippen LogP contribution in [0.1, 0.15) is 103 Å². The molecule has 2 aromatic carbocycles. The molecule has 16 rings (SSSR count). The number of methoxy groups -OCH3 is 4. The van der Waals surface area contributed by atoms with E-state index in [2.05, 4.69) is 75.6 Å². The molecule has 32 nitrogen and oxygen atoms in total. The summed E-state index contributed by atoms with van der Waals surface area (Å²) >= 11 is 23.6. The van der Waals surface area contributed by atoms with E-state index < -0.39 is 24.1 Å². The van der Waals surface area contributed by atoms with E-state index >= 15 is 0 Å². The molecule has 0 unspecified atom stereocenters. The van der Waals surface area contributed by atoms with E-state index in [1.165, 1.54) is 109 Å². The molecule has 8 aliphatic rings. The maximum absolute atomic E-state index is 12.8. The second kappa shape index (κ2) is 43.7. The Balaban J connectivity index is 0.000000150. The molecule has 14 heterocycles. The van der Waals surface area contributed by atoms with Gasteiger partial charge in [-0.1, -0.05) is 59.1 Å². The molecule has 8 aliphatic heterocycles. The van der Waals surface area contributed by atoms with Crippen molar-refractivity contribution in [3.8, 4) is 23.5 Å². The predicted octanol–water partition coefficient (Wildman–Crippen LogP) is 16.7. The third-order valence-corrected chi connectivity index (χ3v) is 28.1. The minimum atomic E-state index is -2.51. The normalized spacial score (nSPS) is 18.2. The summed E-state index contributed by atoms with van der Waals surface area (Å²) in [6.45, 7) is 22.6. The zero-order valence-electron chi connectivity index (χ0n) is 70.5. The number of pyridine rings is 4. The Labute approximate surface area is 732 Å². The van der Waals surface area contributed by atoms with Crippen LogP contribution in [0.15, 0.2) is 109 Å². The lowest BCUT2D eigenvalue weighted by atomic mass is 9.72. The van der Waals surface area contributed by atoms with Crippen LogP contribution >= 0.6 is 60.7 Å². The Bertz CT molecular complexity index is 4870. The van der Waals surface area contributed by atoms with E-state index in [4.69, 9.17) is 90.3 Å². The highest BCUT2D eigenvalue weighted by Crippen LogP contribution is 2.47.